The molecule has 0 heterocycles. The smallest absolute Gasteiger partial charge is 0.346 e. The Morgan fingerprint density at radius 3 is 2.12 bits per heavy atom. The van der Waals surface area contributed by atoms with Crippen molar-refractivity contribution in [3.8, 4) is 0 Å². The molecule has 0 amide bonds. The monoisotopic (exact) mass is 245 g/mol. The SMILES string of the molecule is CNC(Br)(Br)C(=O)O. The summed E-state index contributed by atoms with van der Waals surface area (Å²) in [6.45, 7) is 0. The fraction of sp³-hybridized carbons (Fsp3) is 0.667. The van der Waals surface area contributed by atoms with Crippen molar-refractivity contribution in [2.24, 2.45) is 0 Å². The predicted molar refractivity (Wildman–Crippen MR) is 37.3 cm³/mol. The summed E-state index contributed by atoms with van der Waals surface area (Å²) in [5.74, 6) is -1.000. The Labute approximate surface area is 63.7 Å². The predicted octanol–water partition coefficient (Wildman–Crippen LogP) is 0.734. The highest BCUT2D eigenvalue weighted by atomic mass is 79.9. The van der Waals surface area contributed by atoms with Crippen LogP contribution in [0.3, 0.4) is 0 Å². The van der Waals surface area contributed by atoms with Crippen LogP contribution in [0.5, 0.6) is 0 Å². The van der Waals surface area contributed by atoms with E-state index in [4.69, 9.17) is 5.11 Å². The lowest BCUT2D eigenvalue weighted by molar-refractivity contribution is -0.137. The van der Waals surface area contributed by atoms with Crippen LogP contribution in [-0.4, -0.2) is 21.5 Å². The van der Waals surface area contributed by atoms with Gasteiger partial charge in [-0.25, -0.2) is 4.79 Å². The molecule has 0 atom stereocenters. The zero-order valence-electron chi connectivity index (χ0n) is 4.11. The van der Waals surface area contributed by atoms with Crippen LogP contribution in [0.1, 0.15) is 0 Å². The van der Waals surface area contributed by atoms with Crippen molar-refractivity contribution >= 4 is 37.8 Å². The third-order valence-electron chi connectivity index (χ3n) is 0.583. The summed E-state index contributed by atoms with van der Waals surface area (Å²) in [7, 11) is 1.53. The first-order chi connectivity index (χ1) is 3.50. The zero-order chi connectivity index (χ0) is 6.78. The topological polar surface area (TPSA) is 49.3 Å². The van der Waals surface area contributed by atoms with E-state index in [2.05, 4.69) is 37.2 Å². The largest absolute Gasteiger partial charge is 0.479 e. The summed E-state index contributed by atoms with van der Waals surface area (Å²) in [5, 5.41) is 10.8. The molecule has 0 rings (SSSR count). The van der Waals surface area contributed by atoms with Gasteiger partial charge in [-0.15, -0.1) is 0 Å². The number of carboxylic acids is 1. The van der Waals surface area contributed by atoms with Gasteiger partial charge in [-0.05, 0) is 38.9 Å². The molecule has 3 nitrogen and oxygen atoms in total. The van der Waals surface area contributed by atoms with Gasteiger partial charge < -0.3 is 5.11 Å². The Bertz CT molecular complexity index is 103. The molecule has 0 aromatic heterocycles. The third kappa shape index (κ3) is 2.11. The number of hydrogen-bond donors (Lipinski definition) is 2. The average molecular weight is 247 g/mol. The molecule has 0 spiro atoms. The van der Waals surface area contributed by atoms with E-state index in [0.717, 1.165) is 0 Å². The second kappa shape index (κ2) is 2.80. The summed E-state index contributed by atoms with van der Waals surface area (Å²) < 4.78 is -1.17. The van der Waals surface area contributed by atoms with Crippen LogP contribution in [-0.2, 0) is 4.79 Å². The number of carboxylic acid groups (broad SMARTS) is 1. The van der Waals surface area contributed by atoms with Crippen molar-refractivity contribution in [3.05, 3.63) is 0 Å². The van der Waals surface area contributed by atoms with Crippen molar-refractivity contribution in [3.63, 3.8) is 0 Å². The Hall–Kier alpha value is 0.390. The fourth-order valence-electron chi connectivity index (χ4n) is 0.107. The molecular formula is C3H5Br2NO2. The van der Waals surface area contributed by atoms with E-state index in [-0.39, 0.29) is 0 Å². The van der Waals surface area contributed by atoms with Crippen molar-refractivity contribution < 1.29 is 9.90 Å². The summed E-state index contributed by atoms with van der Waals surface area (Å²) in [6.07, 6.45) is 0. The standard InChI is InChI=1S/C3H5Br2NO2/c1-6-3(4,5)2(7)8/h6H,1H3,(H,7,8). The molecule has 5 heteroatoms. The molecule has 48 valence electrons. The summed E-state index contributed by atoms with van der Waals surface area (Å²) in [5.41, 5.74) is 0. The van der Waals surface area contributed by atoms with E-state index in [1.165, 1.54) is 7.05 Å². The van der Waals surface area contributed by atoms with E-state index >= 15 is 0 Å². The number of aliphatic carboxylic acids is 1. The highest BCUT2D eigenvalue weighted by Gasteiger charge is 2.29. The average Bonchev–Trinajstić information content (AvgIpc) is 1.67. The highest BCUT2D eigenvalue weighted by Crippen LogP contribution is 2.21. The maximum absolute atomic E-state index is 10.1. The van der Waals surface area contributed by atoms with E-state index < -0.39 is 9.33 Å². The van der Waals surface area contributed by atoms with Gasteiger partial charge in [0.1, 0.15) is 0 Å². The molecule has 0 unspecified atom stereocenters. The first-order valence-corrected chi connectivity index (χ1v) is 3.39. The molecule has 0 aliphatic carbocycles. The van der Waals surface area contributed by atoms with Gasteiger partial charge in [-0.1, -0.05) is 0 Å². The molecule has 0 aliphatic heterocycles. The van der Waals surface area contributed by atoms with Crippen molar-refractivity contribution in [1.29, 1.82) is 0 Å². The first kappa shape index (κ1) is 8.39. The zero-order valence-corrected chi connectivity index (χ0v) is 7.28. The van der Waals surface area contributed by atoms with E-state index in [1.807, 2.05) is 0 Å². The highest BCUT2D eigenvalue weighted by molar-refractivity contribution is 9.25. The van der Waals surface area contributed by atoms with Crippen molar-refractivity contribution in [2.75, 3.05) is 7.05 Å². The minimum absolute atomic E-state index is 1.000. The van der Waals surface area contributed by atoms with E-state index in [9.17, 15) is 4.79 Å². The van der Waals surface area contributed by atoms with Crippen LogP contribution in [0.15, 0.2) is 0 Å². The number of rotatable bonds is 2. The molecule has 0 aromatic rings. The maximum Gasteiger partial charge on any atom is 0.346 e. The number of alkyl halides is 2. The first-order valence-electron chi connectivity index (χ1n) is 1.81. The van der Waals surface area contributed by atoms with Gasteiger partial charge in [-0.2, -0.15) is 0 Å². The van der Waals surface area contributed by atoms with Gasteiger partial charge in [0.15, 0.2) is 0 Å². The van der Waals surface area contributed by atoms with E-state index in [1.54, 1.807) is 0 Å². The third-order valence-corrected chi connectivity index (χ3v) is 2.05. The summed E-state index contributed by atoms with van der Waals surface area (Å²) >= 11 is 5.70. The Morgan fingerprint density at radius 2 is 2.12 bits per heavy atom. The van der Waals surface area contributed by atoms with Crippen molar-refractivity contribution in [2.45, 2.75) is 3.36 Å². The lowest BCUT2D eigenvalue weighted by Crippen LogP contribution is -2.37. The molecule has 0 fully saturated rings. The molecule has 0 aromatic carbocycles. The number of halogens is 2. The molecule has 0 bridgehead atoms. The van der Waals surface area contributed by atoms with Crippen LogP contribution < -0.4 is 5.32 Å². The molecule has 2 N–H and O–H groups in total. The minimum Gasteiger partial charge on any atom is -0.479 e. The van der Waals surface area contributed by atoms with Gasteiger partial charge in [0.25, 0.3) is 0 Å². The maximum atomic E-state index is 10.1. The van der Waals surface area contributed by atoms with Gasteiger partial charge in [0.2, 0.25) is 3.36 Å². The number of likely N-dealkylation sites (N-methyl/N-ethyl adjacent to an activating group) is 1. The normalized spacial score (nSPS) is 11.4. The van der Waals surface area contributed by atoms with Gasteiger partial charge >= 0.3 is 5.97 Å². The Morgan fingerprint density at radius 1 is 1.75 bits per heavy atom. The lowest BCUT2D eigenvalue weighted by atomic mass is 10.7. The van der Waals surface area contributed by atoms with Gasteiger partial charge in [0, 0.05) is 0 Å². The van der Waals surface area contributed by atoms with Crippen LogP contribution in [0.4, 0.5) is 0 Å². The number of nitrogens with one attached hydrogen (secondary N) is 1. The Balaban J connectivity index is 3.91. The quantitative estimate of drug-likeness (QED) is 0.558. The van der Waals surface area contributed by atoms with Crippen LogP contribution in [0.25, 0.3) is 0 Å². The molecule has 0 aliphatic rings. The lowest BCUT2D eigenvalue weighted by Gasteiger charge is -2.11. The van der Waals surface area contributed by atoms with Crippen molar-refractivity contribution in [1.82, 2.24) is 5.32 Å². The molecular weight excluding hydrogens is 242 g/mol. The second-order valence-electron chi connectivity index (χ2n) is 1.13. The molecule has 8 heavy (non-hydrogen) atoms. The minimum atomic E-state index is -1.17. The second-order valence-corrected chi connectivity index (χ2v) is 4.57. The number of carbonyl (C=O) groups is 1. The van der Waals surface area contributed by atoms with Crippen LogP contribution in [0, 0.1) is 0 Å². The van der Waals surface area contributed by atoms with E-state index in [0.29, 0.717) is 0 Å². The Kier molecular flexibility index (Phi) is 2.93. The molecule has 0 radical (unpaired) electrons. The summed E-state index contributed by atoms with van der Waals surface area (Å²) in [4.78, 5) is 10.1. The van der Waals surface area contributed by atoms with Crippen LogP contribution >= 0.6 is 31.9 Å². The van der Waals surface area contributed by atoms with Gasteiger partial charge in [0.05, 0.1) is 0 Å². The molecule has 0 saturated carbocycles. The summed E-state index contributed by atoms with van der Waals surface area (Å²) in [6, 6.07) is 0. The fourth-order valence-corrected chi connectivity index (χ4v) is 0.107. The molecule has 0 saturated heterocycles. The van der Waals surface area contributed by atoms with Gasteiger partial charge in [-0.3, -0.25) is 5.32 Å². The number of hydrogen-bond acceptors (Lipinski definition) is 2. The van der Waals surface area contributed by atoms with Crippen LogP contribution in [0.2, 0.25) is 0 Å².